The molecule has 19 heavy (non-hydrogen) atoms. The molecule has 0 spiro atoms. The number of hydrogen-bond donors (Lipinski definition) is 0. The van der Waals surface area contributed by atoms with Crippen LogP contribution in [0.5, 0.6) is 5.75 Å². The molecule has 0 aliphatic heterocycles. The van der Waals surface area contributed by atoms with E-state index in [1.807, 2.05) is 30.3 Å². The highest BCUT2D eigenvalue weighted by Gasteiger charge is 2.05. The second-order valence-electron chi connectivity index (χ2n) is 3.71. The van der Waals surface area contributed by atoms with Gasteiger partial charge in [0.15, 0.2) is 0 Å². The van der Waals surface area contributed by atoms with Gasteiger partial charge >= 0.3 is 0 Å². The van der Waals surface area contributed by atoms with E-state index in [-0.39, 0.29) is 0 Å². The van der Waals surface area contributed by atoms with Crippen molar-refractivity contribution in [2.45, 2.75) is 9.79 Å². The van der Waals surface area contributed by atoms with Crippen molar-refractivity contribution in [2.75, 3.05) is 7.11 Å². The van der Waals surface area contributed by atoms with Crippen molar-refractivity contribution >= 4 is 11.8 Å². The van der Waals surface area contributed by atoms with E-state index in [0.29, 0.717) is 11.1 Å². The Kier molecular flexibility index (Phi) is 4.07. The Bertz CT molecular complexity index is 666. The Labute approximate surface area is 116 Å². The highest BCUT2D eigenvalue weighted by atomic mass is 32.2. The zero-order chi connectivity index (χ0) is 13.7. The molecular weight excluding hydrogens is 256 g/mol. The number of methoxy groups -OCH3 is 1. The lowest BCUT2D eigenvalue weighted by atomic mass is 10.1. The van der Waals surface area contributed by atoms with Crippen LogP contribution in [0.1, 0.15) is 11.1 Å². The number of nitrogens with zero attached hydrogens (tertiary/aromatic N) is 2. The number of rotatable bonds is 3. The van der Waals surface area contributed by atoms with Gasteiger partial charge in [0.05, 0.1) is 24.3 Å². The first kappa shape index (κ1) is 13.0. The van der Waals surface area contributed by atoms with Crippen LogP contribution in [0.2, 0.25) is 0 Å². The second-order valence-corrected chi connectivity index (χ2v) is 4.83. The summed E-state index contributed by atoms with van der Waals surface area (Å²) in [5.41, 5.74) is 1.01. The van der Waals surface area contributed by atoms with Crippen LogP contribution in [0.4, 0.5) is 0 Å². The normalized spacial score (nSPS) is 9.42. The van der Waals surface area contributed by atoms with Crippen molar-refractivity contribution < 1.29 is 4.74 Å². The van der Waals surface area contributed by atoms with Gasteiger partial charge in [-0.15, -0.1) is 0 Å². The molecule has 0 unspecified atom stereocenters. The molecule has 0 heterocycles. The van der Waals surface area contributed by atoms with Gasteiger partial charge in [-0.05, 0) is 42.5 Å². The maximum atomic E-state index is 9.11. The maximum absolute atomic E-state index is 9.11. The number of hydrogen-bond acceptors (Lipinski definition) is 4. The summed E-state index contributed by atoms with van der Waals surface area (Å²) >= 11 is 1.49. The zero-order valence-corrected chi connectivity index (χ0v) is 11.1. The minimum atomic E-state index is 0.496. The van der Waals surface area contributed by atoms with Crippen LogP contribution in [-0.4, -0.2) is 7.11 Å². The Hall–Kier alpha value is -2.43. The van der Waals surface area contributed by atoms with Gasteiger partial charge in [-0.3, -0.25) is 0 Å². The largest absolute Gasteiger partial charge is 0.497 e. The highest BCUT2D eigenvalue weighted by Crippen LogP contribution is 2.31. The van der Waals surface area contributed by atoms with Crippen molar-refractivity contribution in [3.8, 4) is 17.9 Å². The molecule has 0 atom stereocenters. The standard InChI is InChI=1S/C15H10N2OS/c1-18-13-3-5-14(6-4-13)19-15-7-2-11(9-16)8-12(15)10-17/h2-8H,1H3. The van der Waals surface area contributed by atoms with Crippen LogP contribution in [0.25, 0.3) is 0 Å². The predicted molar refractivity (Wildman–Crippen MR) is 73.0 cm³/mol. The minimum absolute atomic E-state index is 0.496. The van der Waals surface area contributed by atoms with Crippen molar-refractivity contribution in [1.29, 1.82) is 10.5 Å². The molecule has 0 radical (unpaired) electrons. The van der Waals surface area contributed by atoms with E-state index >= 15 is 0 Å². The van der Waals surface area contributed by atoms with Gasteiger partial charge in [-0.2, -0.15) is 10.5 Å². The Morgan fingerprint density at radius 2 is 1.74 bits per heavy atom. The zero-order valence-electron chi connectivity index (χ0n) is 10.3. The van der Waals surface area contributed by atoms with Crippen LogP contribution in [-0.2, 0) is 0 Å². The van der Waals surface area contributed by atoms with Crippen LogP contribution in [0.3, 0.4) is 0 Å². The lowest BCUT2D eigenvalue weighted by molar-refractivity contribution is 0.414. The first-order chi connectivity index (χ1) is 9.26. The van der Waals surface area contributed by atoms with Gasteiger partial charge in [0, 0.05) is 9.79 Å². The van der Waals surface area contributed by atoms with Crippen molar-refractivity contribution in [3.05, 3.63) is 53.6 Å². The van der Waals surface area contributed by atoms with Crippen molar-refractivity contribution in [1.82, 2.24) is 0 Å². The maximum Gasteiger partial charge on any atom is 0.118 e. The van der Waals surface area contributed by atoms with E-state index in [9.17, 15) is 0 Å². The highest BCUT2D eigenvalue weighted by molar-refractivity contribution is 7.99. The second kappa shape index (κ2) is 5.95. The van der Waals surface area contributed by atoms with Crippen LogP contribution < -0.4 is 4.74 Å². The fourth-order valence-electron chi connectivity index (χ4n) is 1.55. The number of ether oxygens (including phenoxy) is 1. The molecule has 4 heteroatoms. The molecule has 0 fully saturated rings. The molecule has 0 aliphatic carbocycles. The summed E-state index contributed by atoms with van der Waals surface area (Å²) in [7, 11) is 1.62. The molecule has 0 saturated heterocycles. The van der Waals surface area contributed by atoms with Crippen molar-refractivity contribution in [2.24, 2.45) is 0 Å². The number of benzene rings is 2. The van der Waals surface area contributed by atoms with E-state index < -0.39 is 0 Å². The van der Waals surface area contributed by atoms with Gasteiger partial charge in [0.2, 0.25) is 0 Å². The Balaban J connectivity index is 2.28. The van der Waals surface area contributed by atoms with Crippen molar-refractivity contribution in [3.63, 3.8) is 0 Å². The molecular formula is C15H10N2OS. The molecule has 0 N–H and O–H groups in total. The van der Waals surface area contributed by atoms with Gasteiger partial charge in [0.25, 0.3) is 0 Å². The summed E-state index contributed by atoms with van der Waals surface area (Å²) in [5.74, 6) is 0.796. The Morgan fingerprint density at radius 3 is 2.32 bits per heavy atom. The van der Waals surface area contributed by atoms with Gasteiger partial charge in [-0.1, -0.05) is 11.8 Å². The third-order valence-corrected chi connectivity index (χ3v) is 3.60. The van der Waals surface area contributed by atoms with Gasteiger partial charge < -0.3 is 4.74 Å². The van der Waals surface area contributed by atoms with E-state index in [4.69, 9.17) is 15.3 Å². The molecule has 0 aliphatic rings. The van der Waals surface area contributed by atoms with Crippen LogP contribution >= 0.6 is 11.8 Å². The molecule has 0 saturated carbocycles. The third kappa shape index (κ3) is 3.07. The monoisotopic (exact) mass is 266 g/mol. The van der Waals surface area contributed by atoms with Gasteiger partial charge in [-0.25, -0.2) is 0 Å². The topological polar surface area (TPSA) is 56.8 Å². The SMILES string of the molecule is COc1ccc(Sc2ccc(C#N)cc2C#N)cc1. The minimum Gasteiger partial charge on any atom is -0.497 e. The quantitative estimate of drug-likeness (QED) is 0.851. The summed E-state index contributed by atoms with van der Waals surface area (Å²) in [6.07, 6.45) is 0. The average molecular weight is 266 g/mol. The molecule has 0 aromatic heterocycles. The summed E-state index contributed by atoms with van der Waals surface area (Å²) in [4.78, 5) is 1.86. The van der Waals surface area contributed by atoms with E-state index in [1.165, 1.54) is 11.8 Å². The van der Waals surface area contributed by atoms with Crippen LogP contribution in [0.15, 0.2) is 52.3 Å². The summed E-state index contributed by atoms with van der Waals surface area (Å²) in [6, 6.07) is 16.9. The molecule has 2 rings (SSSR count). The molecule has 92 valence electrons. The smallest absolute Gasteiger partial charge is 0.118 e. The van der Waals surface area contributed by atoms with E-state index in [1.54, 1.807) is 25.3 Å². The lowest BCUT2D eigenvalue weighted by Crippen LogP contribution is -1.85. The Morgan fingerprint density at radius 1 is 1.00 bits per heavy atom. The summed E-state index contributed by atoms with van der Waals surface area (Å²) < 4.78 is 5.10. The molecule has 0 amide bonds. The fourth-order valence-corrected chi connectivity index (χ4v) is 2.42. The molecule has 2 aromatic rings. The first-order valence-corrected chi connectivity index (χ1v) is 6.34. The third-order valence-electron chi connectivity index (χ3n) is 2.52. The molecule has 0 bridgehead atoms. The predicted octanol–water partition coefficient (Wildman–Crippen LogP) is 3.59. The first-order valence-electron chi connectivity index (χ1n) is 5.53. The van der Waals surface area contributed by atoms with Crippen LogP contribution in [0, 0.1) is 22.7 Å². The van der Waals surface area contributed by atoms with E-state index in [0.717, 1.165) is 15.5 Å². The summed E-state index contributed by atoms with van der Waals surface area (Å²) in [5, 5.41) is 17.9. The molecule has 3 nitrogen and oxygen atoms in total. The fraction of sp³-hybridized carbons (Fsp3) is 0.0667. The van der Waals surface area contributed by atoms with Gasteiger partial charge in [0.1, 0.15) is 11.8 Å². The summed E-state index contributed by atoms with van der Waals surface area (Å²) in [6.45, 7) is 0. The average Bonchev–Trinajstić information content (AvgIpc) is 2.48. The number of nitriles is 2. The molecule has 2 aromatic carbocycles. The van der Waals surface area contributed by atoms with E-state index in [2.05, 4.69) is 6.07 Å². The lowest BCUT2D eigenvalue weighted by Gasteiger charge is -2.05.